The van der Waals surface area contributed by atoms with Crippen LogP contribution >= 0.6 is 0 Å². The molecule has 2 aromatic carbocycles. The molecule has 2 N–H and O–H groups in total. The van der Waals surface area contributed by atoms with Crippen LogP contribution in [0, 0.1) is 6.92 Å². The zero-order chi connectivity index (χ0) is 25.8. The van der Waals surface area contributed by atoms with Gasteiger partial charge in [0.15, 0.2) is 0 Å². The molecule has 3 heterocycles. The summed E-state index contributed by atoms with van der Waals surface area (Å²) >= 11 is 0. The zero-order valence-electron chi connectivity index (χ0n) is 21.5. The number of carbonyl (C=O) groups is 1. The van der Waals surface area contributed by atoms with Gasteiger partial charge in [0.1, 0.15) is 5.82 Å². The second-order valence-corrected chi connectivity index (χ2v) is 9.57. The molecule has 0 unspecified atom stereocenters. The summed E-state index contributed by atoms with van der Waals surface area (Å²) in [6, 6.07) is 13.6. The third-order valence-electron chi connectivity index (χ3n) is 6.99. The van der Waals surface area contributed by atoms with Gasteiger partial charge >= 0.3 is 0 Å². The molecule has 194 valence electrons. The number of hydrogen-bond acceptors (Lipinski definition) is 8. The lowest BCUT2D eigenvalue weighted by molar-refractivity contribution is 0.0793. The number of anilines is 5. The molecule has 0 saturated carbocycles. The number of amides is 1. The summed E-state index contributed by atoms with van der Waals surface area (Å²) < 4.78 is 5.53. The Balaban J connectivity index is 1.43. The fourth-order valence-corrected chi connectivity index (χ4v) is 4.88. The number of rotatable bonds is 7. The average Bonchev–Trinajstić information content (AvgIpc) is 3.48. The van der Waals surface area contributed by atoms with Crippen LogP contribution in [0.25, 0.3) is 0 Å². The molecular formula is C28H34N6O3. The van der Waals surface area contributed by atoms with Crippen molar-refractivity contribution in [2.45, 2.75) is 26.4 Å². The number of nitrogens with one attached hydrogen (secondary N) is 1. The lowest BCUT2D eigenvalue weighted by Crippen LogP contribution is -2.36. The smallest absolute Gasteiger partial charge is 0.254 e. The van der Waals surface area contributed by atoms with Crippen LogP contribution in [0.3, 0.4) is 0 Å². The molecule has 9 heteroatoms. The molecule has 0 atom stereocenters. The Labute approximate surface area is 217 Å². The van der Waals surface area contributed by atoms with E-state index < -0.39 is 0 Å². The van der Waals surface area contributed by atoms with E-state index in [2.05, 4.69) is 15.2 Å². The molecule has 0 spiro atoms. The highest BCUT2D eigenvalue weighted by Gasteiger charge is 2.22. The van der Waals surface area contributed by atoms with Gasteiger partial charge in [-0.3, -0.25) is 4.79 Å². The lowest BCUT2D eigenvalue weighted by atomic mass is 10.1. The molecule has 2 aliphatic rings. The summed E-state index contributed by atoms with van der Waals surface area (Å²) in [5.74, 6) is 1.22. The molecule has 9 nitrogen and oxygen atoms in total. The molecule has 3 aromatic rings. The zero-order valence-corrected chi connectivity index (χ0v) is 21.5. The predicted octanol–water partition coefficient (Wildman–Crippen LogP) is 3.86. The average molecular weight is 503 g/mol. The number of aliphatic hydroxyl groups excluding tert-OH is 1. The van der Waals surface area contributed by atoms with Crippen LogP contribution in [0.1, 0.15) is 34.3 Å². The first-order valence-corrected chi connectivity index (χ1v) is 12.8. The van der Waals surface area contributed by atoms with E-state index in [9.17, 15) is 9.90 Å². The van der Waals surface area contributed by atoms with Crippen molar-refractivity contribution in [3.63, 3.8) is 0 Å². The fraction of sp³-hybridized carbons (Fsp3) is 0.393. The van der Waals surface area contributed by atoms with E-state index in [0.717, 1.165) is 67.2 Å². The van der Waals surface area contributed by atoms with Gasteiger partial charge in [-0.1, -0.05) is 12.1 Å². The molecule has 0 bridgehead atoms. The highest BCUT2D eigenvalue weighted by molar-refractivity contribution is 5.96. The van der Waals surface area contributed by atoms with Crippen molar-refractivity contribution in [3.8, 4) is 0 Å². The summed E-state index contributed by atoms with van der Waals surface area (Å²) in [5.41, 5.74) is 5.30. The van der Waals surface area contributed by atoms with Gasteiger partial charge in [0, 0.05) is 62.0 Å². The van der Waals surface area contributed by atoms with Crippen molar-refractivity contribution in [1.29, 1.82) is 0 Å². The number of carbonyl (C=O) groups excluding carboxylic acids is 1. The van der Waals surface area contributed by atoms with Crippen LogP contribution < -0.4 is 15.1 Å². The summed E-state index contributed by atoms with van der Waals surface area (Å²) in [6.07, 6.45) is 3.82. The van der Waals surface area contributed by atoms with Crippen molar-refractivity contribution in [2.75, 3.05) is 61.6 Å². The predicted molar refractivity (Wildman–Crippen MR) is 145 cm³/mol. The highest BCUT2D eigenvalue weighted by atomic mass is 16.5. The van der Waals surface area contributed by atoms with Crippen LogP contribution in [0.4, 0.5) is 28.8 Å². The van der Waals surface area contributed by atoms with Gasteiger partial charge in [-0.2, -0.15) is 4.98 Å². The monoisotopic (exact) mass is 502 g/mol. The molecule has 2 aliphatic heterocycles. The molecule has 0 aliphatic carbocycles. The third kappa shape index (κ3) is 5.68. The van der Waals surface area contributed by atoms with Crippen molar-refractivity contribution >= 4 is 34.7 Å². The summed E-state index contributed by atoms with van der Waals surface area (Å²) in [4.78, 5) is 28.6. The van der Waals surface area contributed by atoms with Crippen LogP contribution in [0.2, 0.25) is 0 Å². The van der Waals surface area contributed by atoms with Gasteiger partial charge in [-0.15, -0.1) is 0 Å². The number of aliphatic hydroxyl groups is 1. The van der Waals surface area contributed by atoms with Gasteiger partial charge in [-0.25, -0.2) is 4.98 Å². The first-order valence-electron chi connectivity index (χ1n) is 12.8. The molecule has 2 saturated heterocycles. The number of aryl methyl sites for hydroxylation is 1. The Morgan fingerprint density at radius 3 is 2.62 bits per heavy atom. The number of hydrogen-bond donors (Lipinski definition) is 2. The van der Waals surface area contributed by atoms with Gasteiger partial charge in [0.05, 0.1) is 19.8 Å². The summed E-state index contributed by atoms with van der Waals surface area (Å²) in [6.45, 7) is 6.52. The van der Waals surface area contributed by atoms with Gasteiger partial charge in [0.2, 0.25) is 5.95 Å². The van der Waals surface area contributed by atoms with E-state index >= 15 is 0 Å². The lowest BCUT2D eigenvalue weighted by Gasteiger charge is -2.30. The van der Waals surface area contributed by atoms with Crippen molar-refractivity contribution < 1.29 is 14.6 Å². The van der Waals surface area contributed by atoms with Crippen LogP contribution in [0.5, 0.6) is 0 Å². The molecule has 1 aromatic heterocycles. The van der Waals surface area contributed by atoms with E-state index in [1.165, 1.54) is 0 Å². The van der Waals surface area contributed by atoms with Crippen LogP contribution in [-0.4, -0.2) is 72.3 Å². The summed E-state index contributed by atoms with van der Waals surface area (Å²) in [7, 11) is 1.95. The van der Waals surface area contributed by atoms with E-state index in [1.807, 2.05) is 66.2 Å². The minimum atomic E-state index is -0.0182. The number of aromatic nitrogens is 2. The molecule has 1 amide bonds. The maximum absolute atomic E-state index is 13.3. The minimum absolute atomic E-state index is 0.0182. The SMILES string of the molecule is Cc1ccc(CO)cc1N(C)c1ccnc(Nc2cc(C(=O)N3CCCC3)cc(N3CCOCC3)c2)n1. The molecular weight excluding hydrogens is 468 g/mol. The first-order chi connectivity index (χ1) is 18.0. The normalized spacial score (nSPS) is 15.6. The van der Waals surface area contributed by atoms with E-state index in [-0.39, 0.29) is 12.5 Å². The topological polar surface area (TPSA) is 94.1 Å². The molecule has 37 heavy (non-hydrogen) atoms. The quantitative estimate of drug-likeness (QED) is 0.503. The number of benzene rings is 2. The molecule has 0 radical (unpaired) electrons. The summed E-state index contributed by atoms with van der Waals surface area (Å²) in [5, 5.41) is 12.9. The largest absolute Gasteiger partial charge is 0.392 e. The number of likely N-dealkylation sites (tertiary alicyclic amines) is 1. The van der Waals surface area contributed by atoms with E-state index in [0.29, 0.717) is 30.5 Å². The third-order valence-corrected chi connectivity index (χ3v) is 6.99. The Kier molecular flexibility index (Phi) is 7.52. The van der Waals surface area contributed by atoms with Crippen LogP contribution in [-0.2, 0) is 11.3 Å². The Morgan fingerprint density at radius 2 is 1.86 bits per heavy atom. The van der Waals surface area contributed by atoms with E-state index in [4.69, 9.17) is 9.72 Å². The van der Waals surface area contributed by atoms with Gasteiger partial charge < -0.3 is 29.9 Å². The van der Waals surface area contributed by atoms with E-state index in [1.54, 1.807) is 6.20 Å². The van der Waals surface area contributed by atoms with Crippen molar-refractivity contribution in [1.82, 2.24) is 14.9 Å². The Bertz CT molecular complexity index is 1250. The molecule has 2 fully saturated rings. The fourth-order valence-electron chi connectivity index (χ4n) is 4.88. The second kappa shape index (κ2) is 11.1. The first kappa shape index (κ1) is 25.0. The standard InChI is InChI=1S/C28H34N6O3/c1-20-5-6-21(19-35)15-25(20)32(2)26-7-8-29-28(31-26)30-23-16-22(27(36)34-9-3-4-10-34)17-24(18-23)33-11-13-37-14-12-33/h5-8,15-18,35H,3-4,9-14,19H2,1-2H3,(H,29,30,31). The van der Waals surface area contributed by atoms with Gasteiger partial charge in [-0.05, 0) is 61.2 Å². The maximum atomic E-state index is 13.3. The number of nitrogens with zero attached hydrogens (tertiary/aromatic N) is 5. The van der Waals surface area contributed by atoms with Crippen molar-refractivity contribution in [3.05, 3.63) is 65.4 Å². The van der Waals surface area contributed by atoms with Gasteiger partial charge in [0.25, 0.3) is 5.91 Å². The Hall–Kier alpha value is -3.69. The number of morpholine rings is 1. The van der Waals surface area contributed by atoms with Crippen LogP contribution in [0.15, 0.2) is 48.7 Å². The Morgan fingerprint density at radius 1 is 1.08 bits per heavy atom. The van der Waals surface area contributed by atoms with Crippen molar-refractivity contribution in [2.24, 2.45) is 0 Å². The second-order valence-electron chi connectivity index (χ2n) is 9.57. The molecule has 5 rings (SSSR count). The number of ether oxygens (including phenoxy) is 1. The minimum Gasteiger partial charge on any atom is -0.392 e. The maximum Gasteiger partial charge on any atom is 0.254 e. The highest BCUT2D eigenvalue weighted by Crippen LogP contribution is 2.29.